The molecule has 2 aromatic carbocycles. The molecule has 0 nitrogen and oxygen atoms in total. The number of hydrogen-bond donors (Lipinski definition) is 0. The zero-order valence-electron chi connectivity index (χ0n) is 15.1. The molecule has 0 fully saturated rings. The predicted molar refractivity (Wildman–Crippen MR) is 113 cm³/mol. The minimum atomic E-state index is -1.68. The van der Waals surface area contributed by atoms with Crippen molar-refractivity contribution in [3.05, 3.63) is 85.0 Å². The Morgan fingerprint density at radius 2 is 1.12 bits per heavy atom. The molecular weight excluding hydrogens is 320 g/mol. The van der Waals surface area contributed by atoms with E-state index in [2.05, 4.69) is 105 Å². The summed E-state index contributed by atoms with van der Waals surface area (Å²) in [6.07, 6.45) is 9.28. The first-order valence-electron chi connectivity index (χ1n) is 8.98. The summed E-state index contributed by atoms with van der Waals surface area (Å²) in [7, 11) is -2.96. The average molecular weight is 349 g/mol. The third-order valence-corrected chi connectivity index (χ3v) is 14.4. The third-order valence-electron chi connectivity index (χ3n) is 5.74. The van der Waals surface area contributed by atoms with Crippen molar-refractivity contribution in [2.45, 2.75) is 37.3 Å². The molecule has 0 aliphatic heterocycles. The van der Waals surface area contributed by atoms with E-state index < -0.39 is 16.1 Å². The number of hydrogen-bond acceptors (Lipinski definition) is 0. The lowest BCUT2D eigenvalue weighted by atomic mass is 10.4. The SMILES string of the molecule is C[Si](CC[Si](C)(C)C1C=CC=C1)(c1ccccc1)c1ccccc1. The Hall–Kier alpha value is -1.65. The van der Waals surface area contributed by atoms with Gasteiger partial charge >= 0.3 is 0 Å². The molecule has 0 unspecified atom stereocenters. The van der Waals surface area contributed by atoms with Gasteiger partial charge in [0.05, 0.1) is 8.07 Å². The van der Waals surface area contributed by atoms with Gasteiger partial charge in [0, 0.05) is 0 Å². The van der Waals surface area contributed by atoms with Gasteiger partial charge in [-0.05, 0) is 5.54 Å². The normalized spacial score (nSPS) is 15.1. The quantitative estimate of drug-likeness (QED) is 0.638. The van der Waals surface area contributed by atoms with Crippen molar-refractivity contribution >= 4 is 26.5 Å². The van der Waals surface area contributed by atoms with Crippen LogP contribution in [-0.4, -0.2) is 16.1 Å². The molecular formula is C22H28Si2. The Bertz CT molecular complexity index is 663. The van der Waals surface area contributed by atoms with Gasteiger partial charge in [0.15, 0.2) is 0 Å². The molecule has 0 heterocycles. The molecule has 0 saturated carbocycles. The maximum absolute atomic E-state index is 2.56. The van der Waals surface area contributed by atoms with E-state index in [0.717, 1.165) is 0 Å². The van der Waals surface area contributed by atoms with Crippen LogP contribution in [0.3, 0.4) is 0 Å². The highest BCUT2D eigenvalue weighted by Gasteiger charge is 2.36. The van der Waals surface area contributed by atoms with E-state index >= 15 is 0 Å². The van der Waals surface area contributed by atoms with Crippen molar-refractivity contribution in [2.75, 3.05) is 0 Å². The maximum Gasteiger partial charge on any atom is 0.114 e. The Morgan fingerprint density at radius 3 is 1.58 bits per heavy atom. The van der Waals surface area contributed by atoms with Gasteiger partial charge in [-0.2, -0.15) is 0 Å². The molecule has 0 N–H and O–H groups in total. The molecule has 1 aliphatic rings. The zero-order valence-corrected chi connectivity index (χ0v) is 17.1. The van der Waals surface area contributed by atoms with Crippen LogP contribution in [0.4, 0.5) is 0 Å². The second-order valence-electron chi connectivity index (χ2n) is 7.85. The second-order valence-corrected chi connectivity index (χ2v) is 17.3. The van der Waals surface area contributed by atoms with Crippen LogP contribution in [0.5, 0.6) is 0 Å². The van der Waals surface area contributed by atoms with Crippen LogP contribution >= 0.6 is 0 Å². The fourth-order valence-corrected chi connectivity index (χ4v) is 12.7. The highest BCUT2D eigenvalue weighted by atomic mass is 28.3. The van der Waals surface area contributed by atoms with Crippen molar-refractivity contribution in [1.29, 1.82) is 0 Å². The minimum Gasteiger partial charge on any atom is -0.0803 e. The summed E-state index contributed by atoms with van der Waals surface area (Å²) in [5.74, 6) is 0. The summed E-state index contributed by atoms with van der Waals surface area (Å²) >= 11 is 0. The lowest BCUT2D eigenvalue weighted by Crippen LogP contribution is -2.56. The van der Waals surface area contributed by atoms with Gasteiger partial charge in [0.1, 0.15) is 8.07 Å². The Labute approximate surface area is 149 Å². The summed E-state index contributed by atoms with van der Waals surface area (Å²) in [6, 6.07) is 25.2. The van der Waals surface area contributed by atoms with Crippen LogP contribution in [0.1, 0.15) is 0 Å². The summed E-state index contributed by atoms with van der Waals surface area (Å²) in [5.41, 5.74) is 0.710. The first kappa shape index (κ1) is 17.2. The molecule has 0 amide bonds. The Kier molecular flexibility index (Phi) is 5.07. The standard InChI is InChI=1S/C22H28Si2/c1-23(2,20-12-10-11-13-20)18-19-24(3,21-14-6-4-7-15-21)22-16-8-5-9-17-22/h4-17,20H,18-19H2,1-3H3. The van der Waals surface area contributed by atoms with Gasteiger partial charge in [0.2, 0.25) is 0 Å². The zero-order chi connectivity index (χ0) is 17.0. The van der Waals surface area contributed by atoms with E-state index in [-0.39, 0.29) is 0 Å². The molecule has 0 bridgehead atoms. The molecule has 0 radical (unpaired) electrons. The van der Waals surface area contributed by atoms with Gasteiger partial charge in [0.25, 0.3) is 0 Å². The fraction of sp³-hybridized carbons (Fsp3) is 0.273. The van der Waals surface area contributed by atoms with Gasteiger partial charge in [-0.25, -0.2) is 0 Å². The first-order valence-corrected chi connectivity index (χ1v) is 15.0. The van der Waals surface area contributed by atoms with Crippen LogP contribution in [0.2, 0.25) is 37.3 Å². The van der Waals surface area contributed by atoms with E-state index in [1.165, 1.54) is 12.1 Å². The lowest BCUT2D eigenvalue weighted by molar-refractivity contribution is 1.19. The molecule has 3 rings (SSSR count). The Balaban J connectivity index is 1.89. The lowest BCUT2D eigenvalue weighted by Gasteiger charge is -2.34. The van der Waals surface area contributed by atoms with Crippen LogP contribution in [0.25, 0.3) is 0 Å². The predicted octanol–water partition coefficient (Wildman–Crippen LogP) is 5.08. The molecule has 2 aromatic rings. The van der Waals surface area contributed by atoms with Crippen molar-refractivity contribution in [3.63, 3.8) is 0 Å². The molecule has 24 heavy (non-hydrogen) atoms. The maximum atomic E-state index is 2.56. The van der Waals surface area contributed by atoms with Crippen LogP contribution in [-0.2, 0) is 0 Å². The fourth-order valence-electron chi connectivity index (χ4n) is 3.76. The second kappa shape index (κ2) is 7.08. The smallest absolute Gasteiger partial charge is 0.0803 e. The van der Waals surface area contributed by atoms with Gasteiger partial charge in [-0.15, -0.1) is 0 Å². The molecule has 0 atom stereocenters. The highest BCUT2D eigenvalue weighted by molar-refractivity contribution is 7.02. The van der Waals surface area contributed by atoms with Crippen molar-refractivity contribution in [2.24, 2.45) is 0 Å². The summed E-state index contributed by atoms with van der Waals surface area (Å²) in [4.78, 5) is 0. The van der Waals surface area contributed by atoms with Gasteiger partial charge in [-0.3, -0.25) is 0 Å². The third kappa shape index (κ3) is 3.55. The van der Waals surface area contributed by atoms with E-state index in [0.29, 0.717) is 5.54 Å². The van der Waals surface area contributed by atoms with E-state index in [1.54, 1.807) is 10.4 Å². The summed E-state index contributed by atoms with van der Waals surface area (Å²) in [6.45, 7) is 7.67. The van der Waals surface area contributed by atoms with Crippen molar-refractivity contribution < 1.29 is 0 Å². The largest absolute Gasteiger partial charge is 0.114 e. The Morgan fingerprint density at radius 1 is 0.667 bits per heavy atom. The van der Waals surface area contributed by atoms with E-state index in [4.69, 9.17) is 0 Å². The molecule has 124 valence electrons. The molecule has 0 aromatic heterocycles. The number of benzene rings is 2. The topological polar surface area (TPSA) is 0 Å². The van der Waals surface area contributed by atoms with Gasteiger partial charge < -0.3 is 0 Å². The van der Waals surface area contributed by atoms with E-state index in [1.807, 2.05) is 0 Å². The van der Waals surface area contributed by atoms with Gasteiger partial charge in [-0.1, -0.05) is 127 Å². The molecule has 1 aliphatic carbocycles. The summed E-state index contributed by atoms with van der Waals surface area (Å²) in [5, 5.41) is 3.14. The molecule has 2 heteroatoms. The minimum absolute atomic E-state index is 0.710. The van der Waals surface area contributed by atoms with Crippen molar-refractivity contribution in [1.82, 2.24) is 0 Å². The van der Waals surface area contributed by atoms with Crippen molar-refractivity contribution in [3.8, 4) is 0 Å². The average Bonchev–Trinajstić information content (AvgIpc) is 3.17. The molecule has 0 spiro atoms. The molecule has 0 saturated heterocycles. The summed E-state index contributed by atoms with van der Waals surface area (Å²) < 4.78 is 0. The van der Waals surface area contributed by atoms with Crippen LogP contribution in [0, 0.1) is 0 Å². The number of allylic oxidation sites excluding steroid dienone is 4. The number of rotatable bonds is 6. The van der Waals surface area contributed by atoms with Crippen LogP contribution < -0.4 is 10.4 Å². The monoisotopic (exact) mass is 348 g/mol. The van der Waals surface area contributed by atoms with Crippen LogP contribution in [0.15, 0.2) is 85.0 Å². The van der Waals surface area contributed by atoms with E-state index in [9.17, 15) is 0 Å². The highest BCUT2D eigenvalue weighted by Crippen LogP contribution is 2.34. The first-order chi connectivity index (χ1) is 11.5.